The molecule has 1 saturated carbocycles. The monoisotopic (exact) mass is 623 g/mol. The minimum Gasteiger partial charge on any atom is -0.358 e. The van der Waals surface area contributed by atoms with E-state index in [2.05, 4.69) is 82.6 Å². The van der Waals surface area contributed by atoms with E-state index in [1.165, 1.54) is 0 Å². The van der Waals surface area contributed by atoms with Crippen LogP contribution in [0.2, 0.25) is 0 Å². The lowest BCUT2D eigenvalue weighted by Gasteiger charge is -2.45. The summed E-state index contributed by atoms with van der Waals surface area (Å²) >= 11 is 0. The number of nitrogens with zero attached hydrogens (tertiary/aromatic N) is 4. The fourth-order valence-electron chi connectivity index (χ4n) is 7.45. The fraction of sp³-hybridized carbons (Fsp3) is 0.579. The molecule has 0 amide bonds. The van der Waals surface area contributed by atoms with E-state index in [1.807, 2.05) is 0 Å². The zero-order valence-electron chi connectivity index (χ0n) is 27.3. The van der Waals surface area contributed by atoms with Crippen LogP contribution >= 0.6 is 0 Å². The number of aromatic nitrogens is 2. The van der Waals surface area contributed by atoms with Crippen molar-refractivity contribution in [2.45, 2.75) is 94.3 Å². The summed E-state index contributed by atoms with van der Waals surface area (Å²) in [5, 5.41) is 4.58. The van der Waals surface area contributed by atoms with Crippen LogP contribution in [-0.2, 0) is 19.8 Å². The number of fused-ring (bicyclic) bond motifs is 1. The van der Waals surface area contributed by atoms with Gasteiger partial charge in [0.2, 0.25) is 5.95 Å². The second-order valence-electron chi connectivity index (χ2n) is 13.9. The second kappa shape index (κ2) is 14.0. The van der Waals surface area contributed by atoms with E-state index in [-0.39, 0.29) is 17.9 Å². The summed E-state index contributed by atoms with van der Waals surface area (Å²) in [6, 6.07) is 19.5. The highest BCUT2D eigenvalue weighted by molar-refractivity contribution is 5.83. The maximum atomic E-state index is 7.09. The van der Waals surface area contributed by atoms with E-state index >= 15 is 0 Å². The largest absolute Gasteiger partial charge is 0.358 e. The number of likely N-dealkylation sites (tertiary alicyclic amines) is 1. The molecule has 3 aliphatic heterocycles. The molecular weight excluding hydrogens is 574 g/mol. The first-order valence-electron chi connectivity index (χ1n) is 17.5. The third-order valence-electron chi connectivity index (χ3n) is 10.5. The lowest BCUT2D eigenvalue weighted by atomic mass is 9.87. The van der Waals surface area contributed by atoms with Gasteiger partial charge in [-0.05, 0) is 76.3 Å². The minimum absolute atomic E-state index is 0.138. The van der Waals surface area contributed by atoms with Crippen molar-refractivity contribution < 1.29 is 14.2 Å². The summed E-state index contributed by atoms with van der Waals surface area (Å²) in [4.78, 5) is 15.7. The van der Waals surface area contributed by atoms with Gasteiger partial charge in [0.25, 0.3) is 0 Å². The van der Waals surface area contributed by atoms with Gasteiger partial charge in [-0.15, -0.1) is 6.42 Å². The van der Waals surface area contributed by atoms with E-state index in [0.29, 0.717) is 19.2 Å². The molecule has 8 nitrogen and oxygen atoms in total. The number of para-hydroxylation sites is 1. The van der Waals surface area contributed by atoms with Crippen LogP contribution in [0.15, 0.2) is 54.6 Å². The number of hydrogen-bond acceptors (Lipinski definition) is 8. The Kier molecular flexibility index (Phi) is 9.58. The van der Waals surface area contributed by atoms with Gasteiger partial charge < -0.3 is 29.3 Å². The van der Waals surface area contributed by atoms with Gasteiger partial charge in [0, 0.05) is 49.8 Å². The molecule has 2 aromatic carbocycles. The third-order valence-corrected chi connectivity index (χ3v) is 10.5. The van der Waals surface area contributed by atoms with Crippen LogP contribution in [0.25, 0.3) is 10.9 Å². The van der Waals surface area contributed by atoms with Crippen LogP contribution in [0.3, 0.4) is 0 Å². The maximum absolute atomic E-state index is 7.09. The predicted octanol–water partition coefficient (Wildman–Crippen LogP) is 5.64. The van der Waals surface area contributed by atoms with Gasteiger partial charge in [-0.25, -0.2) is 9.97 Å². The summed E-state index contributed by atoms with van der Waals surface area (Å²) in [7, 11) is 0. The molecule has 7 rings (SSSR count). The first-order chi connectivity index (χ1) is 22.6. The summed E-state index contributed by atoms with van der Waals surface area (Å²) in [5.41, 5.74) is 2.14. The zero-order valence-corrected chi connectivity index (χ0v) is 27.3. The maximum Gasteiger partial charge on any atom is 0.226 e. The quantitative estimate of drug-likeness (QED) is 0.275. The number of terminal acetylenes is 1. The topological polar surface area (TPSA) is 72.0 Å². The smallest absolute Gasteiger partial charge is 0.226 e. The van der Waals surface area contributed by atoms with Crippen LogP contribution < -0.4 is 10.2 Å². The molecule has 4 heterocycles. The third kappa shape index (κ3) is 6.95. The average Bonchev–Trinajstić information content (AvgIpc) is 3.94. The van der Waals surface area contributed by atoms with Crippen molar-refractivity contribution in [3.05, 3.63) is 65.9 Å². The highest BCUT2D eigenvalue weighted by Gasteiger charge is 2.45. The molecule has 1 aromatic heterocycles. The molecule has 8 heteroatoms. The second-order valence-corrected chi connectivity index (χ2v) is 13.9. The Bertz CT molecular complexity index is 1490. The molecule has 4 fully saturated rings. The lowest BCUT2D eigenvalue weighted by Crippen LogP contribution is -2.55. The summed E-state index contributed by atoms with van der Waals surface area (Å²) in [5.74, 6) is 3.52. The Labute approximate surface area is 274 Å². The van der Waals surface area contributed by atoms with Crippen molar-refractivity contribution in [1.29, 1.82) is 0 Å². The molecule has 3 saturated heterocycles. The predicted molar refractivity (Wildman–Crippen MR) is 182 cm³/mol. The van der Waals surface area contributed by atoms with E-state index in [1.54, 1.807) is 0 Å². The Hall–Kier alpha value is -3.06. The average molecular weight is 624 g/mol. The van der Waals surface area contributed by atoms with E-state index in [0.717, 1.165) is 119 Å². The Balaban J connectivity index is 1.17. The van der Waals surface area contributed by atoms with Gasteiger partial charge in [0.05, 0.1) is 30.5 Å². The number of nitrogens with one attached hydrogen (secondary N) is 1. The first-order valence-corrected chi connectivity index (χ1v) is 17.5. The molecule has 244 valence electrons. The van der Waals surface area contributed by atoms with Crippen LogP contribution in [0.4, 0.5) is 5.95 Å². The van der Waals surface area contributed by atoms with E-state index in [9.17, 15) is 0 Å². The molecule has 1 N–H and O–H groups in total. The van der Waals surface area contributed by atoms with Gasteiger partial charge in [-0.2, -0.15) is 0 Å². The summed E-state index contributed by atoms with van der Waals surface area (Å²) in [6.07, 6.45) is 15.1. The first kappa shape index (κ1) is 31.5. The van der Waals surface area contributed by atoms with Crippen LogP contribution in [0.5, 0.6) is 0 Å². The van der Waals surface area contributed by atoms with Gasteiger partial charge in [-0.3, -0.25) is 0 Å². The van der Waals surface area contributed by atoms with Crippen molar-refractivity contribution >= 4 is 16.9 Å². The van der Waals surface area contributed by atoms with Crippen LogP contribution in [-0.4, -0.2) is 84.8 Å². The molecule has 1 aliphatic carbocycles. The molecule has 1 unspecified atom stereocenters. The number of piperidine rings is 2. The van der Waals surface area contributed by atoms with Crippen molar-refractivity contribution in [2.24, 2.45) is 0 Å². The number of benzene rings is 2. The van der Waals surface area contributed by atoms with E-state index in [4.69, 9.17) is 30.6 Å². The van der Waals surface area contributed by atoms with Crippen molar-refractivity contribution in [3.63, 3.8) is 0 Å². The van der Waals surface area contributed by atoms with Gasteiger partial charge >= 0.3 is 0 Å². The molecule has 0 bridgehead atoms. The highest BCUT2D eigenvalue weighted by atomic mass is 16.7. The molecule has 46 heavy (non-hydrogen) atoms. The van der Waals surface area contributed by atoms with Gasteiger partial charge in [0.15, 0.2) is 11.9 Å². The van der Waals surface area contributed by atoms with Crippen molar-refractivity contribution in [2.75, 3.05) is 50.8 Å². The molecule has 3 aromatic rings. The zero-order chi connectivity index (χ0) is 31.4. The van der Waals surface area contributed by atoms with E-state index < -0.39 is 5.60 Å². The Morgan fingerprint density at radius 1 is 0.957 bits per heavy atom. The fourth-order valence-corrected chi connectivity index (χ4v) is 7.45. The summed E-state index contributed by atoms with van der Waals surface area (Å²) < 4.78 is 19.7. The lowest BCUT2D eigenvalue weighted by molar-refractivity contribution is -0.197. The van der Waals surface area contributed by atoms with Crippen LogP contribution in [0.1, 0.15) is 76.0 Å². The minimum atomic E-state index is -0.882. The Morgan fingerprint density at radius 2 is 1.72 bits per heavy atom. The summed E-state index contributed by atoms with van der Waals surface area (Å²) in [6.45, 7) is 8.11. The molecule has 0 spiro atoms. The van der Waals surface area contributed by atoms with Crippen LogP contribution in [0, 0.1) is 12.3 Å². The number of hydrogen-bond donors (Lipinski definition) is 1. The normalized spacial score (nSPS) is 24.0. The number of anilines is 1. The molecule has 0 radical (unpaired) electrons. The van der Waals surface area contributed by atoms with Crippen molar-refractivity contribution in [3.8, 4) is 12.3 Å². The highest BCUT2D eigenvalue weighted by Crippen LogP contribution is 2.43. The molecule has 2 atom stereocenters. The van der Waals surface area contributed by atoms with Crippen molar-refractivity contribution in [1.82, 2.24) is 20.2 Å². The molecule has 4 aliphatic rings. The van der Waals surface area contributed by atoms with Gasteiger partial charge in [0.1, 0.15) is 0 Å². The molecular formula is C38H49N5O3. The SMILES string of the molecule is C#CCNC1(C)CCN(C2CCN(c3nc([C@@](COC4CCCCO4)(OC4CC4)c4ccccc4)c4ccccc4n3)CC2)CC1. The number of rotatable bonds is 11. The van der Waals surface area contributed by atoms with Gasteiger partial charge in [-0.1, -0.05) is 54.5 Å². The Morgan fingerprint density at radius 3 is 2.43 bits per heavy atom. The standard InChI is InChI=1S/C38H49N5O3/c1-3-22-39-37(2)20-25-42(26-21-37)30-18-23-43(24-19-30)36-40-33-14-8-7-13-32(33)35(41-36)38(46-31-16-17-31,29-11-5-4-6-12-29)28-45-34-15-9-10-27-44-34/h1,4-8,11-14,30-31,34,39H,9-10,15-28H2,2H3/t34?,38-/m0/s1. The number of ether oxygens (including phenoxy) is 3.